The van der Waals surface area contributed by atoms with E-state index in [1.165, 1.54) is 12.7 Å². The first-order valence-corrected chi connectivity index (χ1v) is 14.2. The van der Waals surface area contributed by atoms with Crippen LogP contribution < -0.4 is 16.1 Å². The van der Waals surface area contributed by atoms with Crippen molar-refractivity contribution in [1.29, 1.82) is 0 Å². The molecule has 0 amide bonds. The highest BCUT2D eigenvalue weighted by molar-refractivity contribution is 6.99. The van der Waals surface area contributed by atoms with Crippen LogP contribution in [0.3, 0.4) is 0 Å². The lowest BCUT2D eigenvalue weighted by Gasteiger charge is -2.43. The Morgan fingerprint density at radius 1 is 0.973 bits per heavy atom. The highest BCUT2D eigenvalue weighted by Crippen LogP contribution is 2.37. The average Bonchev–Trinajstić information content (AvgIpc) is 3.31. The molecule has 2 aromatic carbocycles. The molecule has 0 radical (unpaired) electrons. The van der Waals surface area contributed by atoms with Crippen LogP contribution in [-0.2, 0) is 9.16 Å². The van der Waals surface area contributed by atoms with Crippen LogP contribution in [-0.4, -0.2) is 63.5 Å². The summed E-state index contributed by atoms with van der Waals surface area (Å²) in [6.45, 7) is 8.00. The quantitative estimate of drug-likeness (QED) is 0.271. The fourth-order valence-corrected chi connectivity index (χ4v) is 9.37. The van der Waals surface area contributed by atoms with E-state index in [1.807, 2.05) is 36.4 Å². The molecule has 196 valence electrons. The van der Waals surface area contributed by atoms with Crippen molar-refractivity contribution in [2.75, 3.05) is 18.9 Å². The van der Waals surface area contributed by atoms with Gasteiger partial charge in [-0.2, -0.15) is 0 Å². The number of benzene rings is 2. The van der Waals surface area contributed by atoms with Gasteiger partial charge in [0.1, 0.15) is 17.9 Å². The maximum Gasteiger partial charge on any atom is 0.261 e. The number of nitrogen functional groups attached to an aromatic ring is 1. The second-order valence-corrected chi connectivity index (χ2v) is 14.4. The number of anilines is 1. The molecule has 4 N–H and O–H groups in total. The monoisotopic (exact) mass is 521 g/mol. The molecule has 0 aliphatic heterocycles. The number of rotatable bonds is 10. The number of fused-ring (bicyclic) bond motifs is 1. The molecule has 2 heterocycles. The van der Waals surface area contributed by atoms with Crippen LogP contribution in [0.1, 0.15) is 33.9 Å². The molecule has 0 aliphatic rings. The van der Waals surface area contributed by atoms with E-state index in [-0.39, 0.29) is 24.1 Å². The Kier molecular flexibility index (Phi) is 8.05. The molecular formula is C27H35N5O4Si. The number of ether oxygens (including phenoxy) is 1. The zero-order valence-corrected chi connectivity index (χ0v) is 22.7. The summed E-state index contributed by atoms with van der Waals surface area (Å²) < 4.78 is 14.8. The van der Waals surface area contributed by atoms with Crippen LogP contribution in [0.15, 0.2) is 73.3 Å². The molecule has 0 spiro atoms. The summed E-state index contributed by atoms with van der Waals surface area (Å²) in [6, 6.07) is 20.5. The summed E-state index contributed by atoms with van der Waals surface area (Å²) in [5.41, 5.74) is 6.79. The molecule has 3 atom stereocenters. The second-order valence-electron chi connectivity index (χ2n) is 10.1. The number of nitrogens with zero attached hydrogens (tertiary/aromatic N) is 4. The molecule has 0 saturated carbocycles. The molecule has 10 heteroatoms. The Bertz CT molecular complexity index is 1260. The molecule has 37 heavy (non-hydrogen) atoms. The van der Waals surface area contributed by atoms with Crippen LogP contribution in [0.25, 0.3) is 11.2 Å². The van der Waals surface area contributed by atoms with Gasteiger partial charge in [0.2, 0.25) is 0 Å². The van der Waals surface area contributed by atoms with E-state index in [9.17, 15) is 10.2 Å². The zero-order valence-electron chi connectivity index (χ0n) is 21.7. The smallest absolute Gasteiger partial charge is 0.261 e. The van der Waals surface area contributed by atoms with Crippen molar-refractivity contribution in [2.24, 2.45) is 0 Å². The van der Waals surface area contributed by atoms with Crippen LogP contribution in [0.4, 0.5) is 5.82 Å². The first-order chi connectivity index (χ1) is 17.7. The number of aromatic nitrogens is 4. The third-order valence-electron chi connectivity index (χ3n) is 6.51. The molecule has 4 aromatic rings. The lowest BCUT2D eigenvalue weighted by Crippen LogP contribution is -2.67. The van der Waals surface area contributed by atoms with E-state index in [2.05, 4.69) is 60.0 Å². The van der Waals surface area contributed by atoms with Gasteiger partial charge in [0.25, 0.3) is 8.32 Å². The molecule has 0 saturated heterocycles. The molecule has 4 rings (SSSR count). The highest BCUT2D eigenvalue weighted by Gasteiger charge is 2.50. The van der Waals surface area contributed by atoms with Crippen molar-refractivity contribution in [2.45, 2.75) is 51.2 Å². The van der Waals surface area contributed by atoms with Gasteiger partial charge in [0.15, 0.2) is 17.7 Å². The van der Waals surface area contributed by atoms with E-state index in [0.717, 1.165) is 10.4 Å². The van der Waals surface area contributed by atoms with Crippen LogP contribution in [0.5, 0.6) is 0 Å². The van der Waals surface area contributed by atoms with Crippen LogP contribution in [0, 0.1) is 0 Å². The van der Waals surface area contributed by atoms with Gasteiger partial charge >= 0.3 is 0 Å². The Morgan fingerprint density at radius 3 is 2.08 bits per heavy atom. The number of nitrogens with two attached hydrogens (primary N) is 1. The predicted molar refractivity (Wildman–Crippen MR) is 146 cm³/mol. The summed E-state index contributed by atoms with van der Waals surface area (Å²) in [5.74, 6) is 0.238. The Labute approximate surface area is 218 Å². The normalized spacial score (nSPS) is 15.0. The second kappa shape index (κ2) is 11.1. The standard InChI is InChI=1S/C27H35N5O4Si/c1-19(34)26(32-18-31-23-24(28)29-17-30-25(23)32)36-20(15-33)16-35-37(27(2,3)4,21-11-7-5-8-12-21)22-13-9-6-10-14-22/h5-14,17-20,26,33-34H,15-16H2,1-4H3,(H2,28,29,30)/t19-,20+,26-/m1/s1. The number of aliphatic hydroxyl groups excluding tert-OH is 2. The minimum Gasteiger partial charge on any atom is -0.405 e. The Balaban J connectivity index is 1.67. The van der Waals surface area contributed by atoms with Crippen molar-refractivity contribution in [3.05, 3.63) is 73.3 Å². The largest absolute Gasteiger partial charge is 0.405 e. The van der Waals surface area contributed by atoms with E-state index in [1.54, 1.807) is 11.5 Å². The van der Waals surface area contributed by atoms with Crippen LogP contribution in [0.2, 0.25) is 5.04 Å². The van der Waals surface area contributed by atoms with Gasteiger partial charge in [-0.05, 0) is 22.3 Å². The summed E-state index contributed by atoms with van der Waals surface area (Å²) in [6.07, 6.45) is 0.308. The third kappa shape index (κ3) is 5.29. The van der Waals surface area contributed by atoms with Gasteiger partial charge in [-0.15, -0.1) is 0 Å². The van der Waals surface area contributed by atoms with Crippen molar-refractivity contribution in [1.82, 2.24) is 19.5 Å². The number of hydrogen-bond acceptors (Lipinski definition) is 8. The van der Waals surface area contributed by atoms with Gasteiger partial charge in [-0.3, -0.25) is 4.57 Å². The van der Waals surface area contributed by atoms with Gasteiger partial charge < -0.3 is 25.1 Å². The topological polar surface area (TPSA) is 129 Å². The van der Waals surface area contributed by atoms with Crippen LogP contribution >= 0.6 is 0 Å². The maximum absolute atomic E-state index is 10.6. The summed E-state index contributed by atoms with van der Waals surface area (Å²) >= 11 is 0. The lowest BCUT2D eigenvalue weighted by molar-refractivity contribution is -0.133. The van der Waals surface area contributed by atoms with Crippen molar-refractivity contribution in [3.8, 4) is 0 Å². The third-order valence-corrected chi connectivity index (χ3v) is 11.5. The van der Waals surface area contributed by atoms with Gasteiger partial charge in [-0.25, -0.2) is 15.0 Å². The number of hydrogen-bond donors (Lipinski definition) is 3. The molecule has 9 nitrogen and oxygen atoms in total. The van der Waals surface area contributed by atoms with Crippen molar-refractivity contribution in [3.63, 3.8) is 0 Å². The zero-order chi connectivity index (χ0) is 26.6. The van der Waals surface area contributed by atoms with Crippen molar-refractivity contribution >= 4 is 35.7 Å². The van der Waals surface area contributed by atoms with E-state index < -0.39 is 26.8 Å². The van der Waals surface area contributed by atoms with Crippen molar-refractivity contribution < 1.29 is 19.4 Å². The maximum atomic E-state index is 10.6. The van der Waals surface area contributed by atoms with Gasteiger partial charge in [-0.1, -0.05) is 81.4 Å². The summed E-state index contributed by atoms with van der Waals surface area (Å²) in [7, 11) is -2.83. The molecule has 0 unspecified atom stereocenters. The Morgan fingerprint density at radius 2 is 1.57 bits per heavy atom. The van der Waals surface area contributed by atoms with Gasteiger partial charge in [0.05, 0.1) is 25.6 Å². The fourth-order valence-electron chi connectivity index (χ4n) is 4.78. The summed E-state index contributed by atoms with van der Waals surface area (Å²) in [4.78, 5) is 12.5. The minimum absolute atomic E-state index is 0.122. The molecule has 0 aliphatic carbocycles. The predicted octanol–water partition coefficient (Wildman–Crippen LogP) is 2.24. The summed E-state index contributed by atoms with van der Waals surface area (Å²) in [5, 5.41) is 23.0. The molecule has 2 aromatic heterocycles. The lowest BCUT2D eigenvalue weighted by atomic mass is 10.2. The van der Waals surface area contributed by atoms with E-state index in [0.29, 0.717) is 11.2 Å². The number of aliphatic hydroxyl groups is 2. The first-order valence-electron chi connectivity index (χ1n) is 12.3. The SMILES string of the molecule is C[C@@H](O)[C@@H](O[C@@H](CO)CO[Si](c1ccccc1)(c1ccccc1)C(C)(C)C)n1cnc2c(N)ncnc21. The molecule has 0 bridgehead atoms. The number of imidazole rings is 1. The highest BCUT2D eigenvalue weighted by atomic mass is 28.4. The van der Waals surface area contributed by atoms with Gasteiger partial charge in [0, 0.05) is 0 Å². The fraction of sp³-hybridized carbons (Fsp3) is 0.370. The minimum atomic E-state index is -2.83. The first kappa shape index (κ1) is 26.9. The Hall–Kier alpha value is -3.15. The average molecular weight is 522 g/mol. The van der Waals surface area contributed by atoms with E-state index >= 15 is 0 Å². The molecular weight excluding hydrogens is 486 g/mol. The van der Waals surface area contributed by atoms with E-state index in [4.69, 9.17) is 14.9 Å². The molecule has 0 fully saturated rings.